The largest absolute Gasteiger partial charge is 0.507 e. The summed E-state index contributed by atoms with van der Waals surface area (Å²) in [5.41, 5.74) is 0.665. The summed E-state index contributed by atoms with van der Waals surface area (Å²) in [4.78, 5) is 10.5. The van der Waals surface area contributed by atoms with Crippen LogP contribution in [0.1, 0.15) is 12.5 Å². The smallest absolute Gasteiger partial charge is 0.331 e. The van der Waals surface area contributed by atoms with Crippen molar-refractivity contribution in [1.29, 1.82) is 0 Å². The van der Waals surface area contributed by atoms with Crippen molar-refractivity contribution in [3.05, 3.63) is 33.8 Å². The van der Waals surface area contributed by atoms with Crippen molar-refractivity contribution in [2.24, 2.45) is 0 Å². The lowest BCUT2D eigenvalue weighted by molar-refractivity contribution is -0.132. The van der Waals surface area contributed by atoms with Gasteiger partial charge in [0.2, 0.25) is 0 Å². The summed E-state index contributed by atoms with van der Waals surface area (Å²) >= 11 is 3.24. The zero-order valence-electron chi connectivity index (χ0n) is 7.49. The molecule has 0 atom stereocenters. The molecule has 0 aliphatic heterocycles. The first-order valence-electron chi connectivity index (χ1n) is 3.91. The molecule has 74 valence electrons. The third kappa shape index (κ3) is 2.60. The Kier molecular flexibility index (Phi) is 3.30. The van der Waals surface area contributed by atoms with Crippen molar-refractivity contribution in [2.75, 3.05) is 0 Å². The molecule has 0 unspecified atom stereocenters. The van der Waals surface area contributed by atoms with Gasteiger partial charge in [0.15, 0.2) is 0 Å². The second kappa shape index (κ2) is 4.28. The number of phenols is 1. The monoisotopic (exact) mass is 256 g/mol. The molecule has 0 radical (unpaired) electrons. The number of benzene rings is 1. The molecule has 0 aliphatic carbocycles. The number of rotatable bonds is 2. The van der Waals surface area contributed by atoms with Crippen molar-refractivity contribution >= 4 is 28.0 Å². The van der Waals surface area contributed by atoms with Crippen molar-refractivity contribution in [3.63, 3.8) is 0 Å². The van der Waals surface area contributed by atoms with E-state index in [-0.39, 0.29) is 11.3 Å². The van der Waals surface area contributed by atoms with Gasteiger partial charge in [0.25, 0.3) is 0 Å². The average Bonchev–Trinajstić information content (AvgIpc) is 2.11. The molecule has 1 aromatic rings. The van der Waals surface area contributed by atoms with Gasteiger partial charge in [-0.3, -0.25) is 0 Å². The number of phenolic OH excluding ortho intramolecular Hbond substituents is 1. The van der Waals surface area contributed by atoms with Crippen molar-refractivity contribution in [1.82, 2.24) is 0 Å². The minimum atomic E-state index is -0.996. The highest BCUT2D eigenvalue weighted by Crippen LogP contribution is 2.23. The first-order chi connectivity index (χ1) is 6.50. The maximum Gasteiger partial charge on any atom is 0.331 e. The molecule has 0 aromatic heterocycles. The third-order valence-electron chi connectivity index (χ3n) is 1.70. The predicted molar refractivity (Wildman–Crippen MR) is 57.1 cm³/mol. The molecule has 2 N–H and O–H groups in total. The van der Waals surface area contributed by atoms with E-state index in [9.17, 15) is 9.90 Å². The fraction of sp³-hybridized carbons (Fsp3) is 0.100. The van der Waals surface area contributed by atoms with E-state index in [1.807, 2.05) is 0 Å². The van der Waals surface area contributed by atoms with Gasteiger partial charge < -0.3 is 10.2 Å². The highest BCUT2D eigenvalue weighted by molar-refractivity contribution is 9.10. The van der Waals surface area contributed by atoms with Crippen LogP contribution in [0.2, 0.25) is 0 Å². The van der Waals surface area contributed by atoms with Crippen LogP contribution < -0.4 is 0 Å². The van der Waals surface area contributed by atoms with E-state index in [1.54, 1.807) is 12.1 Å². The van der Waals surface area contributed by atoms with Crippen LogP contribution in [0.25, 0.3) is 6.08 Å². The first kappa shape index (κ1) is 10.8. The lowest BCUT2D eigenvalue weighted by Crippen LogP contribution is -1.95. The first-order valence-corrected chi connectivity index (χ1v) is 4.70. The summed E-state index contributed by atoms with van der Waals surface area (Å²) in [5.74, 6) is -0.932. The summed E-state index contributed by atoms with van der Waals surface area (Å²) < 4.78 is 0.791. The topological polar surface area (TPSA) is 57.5 Å². The second-order valence-electron chi connectivity index (χ2n) is 2.84. The molecule has 1 aromatic carbocycles. The van der Waals surface area contributed by atoms with Gasteiger partial charge in [0.1, 0.15) is 5.75 Å². The number of hydrogen-bond acceptors (Lipinski definition) is 2. The van der Waals surface area contributed by atoms with Crippen molar-refractivity contribution in [2.45, 2.75) is 6.92 Å². The molecule has 14 heavy (non-hydrogen) atoms. The molecular formula is C10H9BrO3. The molecule has 0 saturated heterocycles. The number of carboxylic acids is 1. The van der Waals surface area contributed by atoms with Crippen molar-refractivity contribution in [3.8, 4) is 5.75 Å². The molecule has 0 spiro atoms. The zero-order valence-corrected chi connectivity index (χ0v) is 9.08. The number of halogens is 1. The minimum absolute atomic E-state index is 0.0637. The van der Waals surface area contributed by atoms with Gasteiger partial charge in [-0.25, -0.2) is 4.79 Å². The van der Waals surface area contributed by atoms with E-state index in [2.05, 4.69) is 15.9 Å². The molecule has 1 rings (SSSR count). The molecule has 0 heterocycles. The van der Waals surface area contributed by atoms with Crippen LogP contribution in [0, 0.1) is 0 Å². The Bertz CT molecular complexity index is 396. The Morgan fingerprint density at radius 1 is 1.50 bits per heavy atom. The maximum absolute atomic E-state index is 10.5. The molecular weight excluding hydrogens is 248 g/mol. The quantitative estimate of drug-likeness (QED) is 0.800. The molecule has 0 fully saturated rings. The van der Waals surface area contributed by atoms with Crippen LogP contribution in [0.4, 0.5) is 0 Å². The van der Waals surface area contributed by atoms with E-state index in [1.165, 1.54) is 19.1 Å². The maximum atomic E-state index is 10.5. The van der Waals surface area contributed by atoms with E-state index in [4.69, 9.17) is 5.11 Å². The Morgan fingerprint density at radius 2 is 2.14 bits per heavy atom. The van der Waals surface area contributed by atoms with Crippen LogP contribution in [0.15, 0.2) is 28.2 Å². The van der Waals surface area contributed by atoms with Gasteiger partial charge in [-0.2, -0.15) is 0 Å². The average molecular weight is 257 g/mol. The number of aliphatic carboxylic acids is 1. The summed E-state index contributed by atoms with van der Waals surface area (Å²) in [6.07, 6.45) is 1.42. The van der Waals surface area contributed by atoms with Crippen LogP contribution in [0.3, 0.4) is 0 Å². The second-order valence-corrected chi connectivity index (χ2v) is 3.75. The lowest BCUT2D eigenvalue weighted by Gasteiger charge is -2.00. The number of carbonyl (C=O) groups is 1. The minimum Gasteiger partial charge on any atom is -0.507 e. The Hall–Kier alpha value is -1.29. The molecule has 0 saturated carbocycles. The van der Waals surface area contributed by atoms with E-state index in [0.717, 1.165) is 4.47 Å². The van der Waals surface area contributed by atoms with Crippen LogP contribution >= 0.6 is 15.9 Å². The molecule has 3 nitrogen and oxygen atoms in total. The van der Waals surface area contributed by atoms with Crippen LogP contribution in [-0.4, -0.2) is 16.2 Å². The Labute approximate surface area is 89.8 Å². The summed E-state index contributed by atoms with van der Waals surface area (Å²) in [5, 5.41) is 18.0. The van der Waals surface area contributed by atoms with E-state index < -0.39 is 5.97 Å². The Balaban J connectivity index is 3.13. The zero-order chi connectivity index (χ0) is 10.7. The van der Waals surface area contributed by atoms with Crippen LogP contribution in [-0.2, 0) is 4.79 Å². The Morgan fingerprint density at radius 3 is 2.71 bits per heavy atom. The van der Waals surface area contributed by atoms with Gasteiger partial charge in [-0.05, 0) is 31.2 Å². The highest BCUT2D eigenvalue weighted by Gasteiger charge is 2.03. The normalized spacial score (nSPS) is 11.4. The SMILES string of the molecule is C/C(=C\c1cc(Br)ccc1O)C(=O)O. The molecule has 0 bridgehead atoms. The predicted octanol–water partition coefficient (Wildman–Crippen LogP) is 2.64. The van der Waals surface area contributed by atoms with E-state index >= 15 is 0 Å². The van der Waals surface area contributed by atoms with Gasteiger partial charge >= 0.3 is 5.97 Å². The fourth-order valence-corrected chi connectivity index (χ4v) is 1.31. The van der Waals surface area contributed by atoms with Gasteiger partial charge in [-0.1, -0.05) is 15.9 Å². The standard InChI is InChI=1S/C10H9BrO3/c1-6(10(13)14)4-7-5-8(11)2-3-9(7)12/h2-5,12H,1H3,(H,13,14)/b6-4+. The number of aromatic hydroxyl groups is 1. The fourth-order valence-electron chi connectivity index (χ4n) is 0.936. The molecule has 0 amide bonds. The number of carboxylic acid groups (broad SMARTS) is 1. The summed E-state index contributed by atoms with van der Waals surface area (Å²) in [7, 11) is 0. The lowest BCUT2D eigenvalue weighted by atomic mass is 10.1. The molecule has 4 heteroatoms. The third-order valence-corrected chi connectivity index (χ3v) is 2.19. The summed E-state index contributed by atoms with van der Waals surface area (Å²) in [6.45, 7) is 1.47. The van der Waals surface area contributed by atoms with E-state index in [0.29, 0.717) is 5.56 Å². The summed E-state index contributed by atoms with van der Waals surface area (Å²) in [6, 6.07) is 4.84. The van der Waals surface area contributed by atoms with Gasteiger partial charge in [0, 0.05) is 15.6 Å². The van der Waals surface area contributed by atoms with Crippen molar-refractivity contribution < 1.29 is 15.0 Å². The number of hydrogen-bond donors (Lipinski definition) is 2. The molecule has 0 aliphatic rings. The van der Waals surface area contributed by atoms with Gasteiger partial charge in [0.05, 0.1) is 0 Å². The highest BCUT2D eigenvalue weighted by atomic mass is 79.9. The van der Waals surface area contributed by atoms with Gasteiger partial charge in [-0.15, -0.1) is 0 Å². The van der Waals surface area contributed by atoms with Crippen LogP contribution in [0.5, 0.6) is 5.75 Å².